The Bertz CT molecular complexity index is 209. The molecule has 1 unspecified atom stereocenters. The topological polar surface area (TPSA) is 38.7 Å². The highest BCUT2D eigenvalue weighted by Gasteiger charge is 2.32. The van der Waals surface area contributed by atoms with E-state index in [1.54, 1.807) is 0 Å². The summed E-state index contributed by atoms with van der Waals surface area (Å²) in [6.07, 6.45) is 3.30. The molecule has 0 radical (unpaired) electrons. The number of hydrogen-bond acceptors (Lipinski definition) is 3. The van der Waals surface area contributed by atoms with Crippen LogP contribution in [0.15, 0.2) is 11.8 Å². The monoisotopic (exact) mass is 200 g/mol. The Labute approximate surface area is 85.7 Å². The van der Waals surface area contributed by atoms with Crippen molar-refractivity contribution in [3.63, 3.8) is 0 Å². The van der Waals surface area contributed by atoms with Crippen molar-refractivity contribution in [1.29, 1.82) is 0 Å². The van der Waals surface area contributed by atoms with E-state index in [9.17, 15) is 5.11 Å². The maximum atomic E-state index is 10.0. The molecule has 0 saturated carbocycles. The zero-order valence-electron chi connectivity index (χ0n) is 9.25. The van der Waals surface area contributed by atoms with Crippen molar-refractivity contribution in [1.82, 2.24) is 0 Å². The lowest BCUT2D eigenvalue weighted by atomic mass is 9.98. The van der Waals surface area contributed by atoms with Gasteiger partial charge < -0.3 is 14.6 Å². The standard InChI is InChI=1S/C11H20O3/c1-4-14-11(2,3)10(12)9-7-5-6-8-13-9/h7,10,12H,4-6,8H2,1-3H3. The molecule has 0 saturated heterocycles. The highest BCUT2D eigenvalue weighted by molar-refractivity contribution is 5.07. The largest absolute Gasteiger partial charge is 0.495 e. The lowest BCUT2D eigenvalue weighted by Gasteiger charge is -2.32. The molecule has 1 atom stereocenters. The van der Waals surface area contributed by atoms with Crippen molar-refractivity contribution in [2.24, 2.45) is 0 Å². The third-order valence-electron chi connectivity index (χ3n) is 2.41. The van der Waals surface area contributed by atoms with E-state index < -0.39 is 11.7 Å². The van der Waals surface area contributed by atoms with Gasteiger partial charge in [-0.3, -0.25) is 0 Å². The predicted molar refractivity (Wildman–Crippen MR) is 55.0 cm³/mol. The molecular weight excluding hydrogens is 180 g/mol. The Morgan fingerprint density at radius 3 is 2.86 bits per heavy atom. The molecule has 0 aliphatic carbocycles. The fraction of sp³-hybridized carbons (Fsp3) is 0.818. The Morgan fingerprint density at radius 2 is 2.36 bits per heavy atom. The van der Waals surface area contributed by atoms with Crippen molar-refractivity contribution in [3.8, 4) is 0 Å². The Balaban J connectivity index is 2.62. The molecule has 1 heterocycles. The van der Waals surface area contributed by atoms with Gasteiger partial charge in [-0.05, 0) is 39.7 Å². The number of allylic oxidation sites excluding steroid dienone is 1. The summed E-state index contributed by atoms with van der Waals surface area (Å²) < 4.78 is 10.9. The summed E-state index contributed by atoms with van der Waals surface area (Å²) in [4.78, 5) is 0. The second-order valence-corrected chi connectivity index (χ2v) is 4.04. The van der Waals surface area contributed by atoms with Crippen LogP contribution in [-0.4, -0.2) is 30.0 Å². The van der Waals surface area contributed by atoms with Crippen LogP contribution in [0.1, 0.15) is 33.6 Å². The van der Waals surface area contributed by atoms with E-state index in [0.29, 0.717) is 19.0 Å². The van der Waals surface area contributed by atoms with Gasteiger partial charge in [0.05, 0.1) is 12.2 Å². The number of aliphatic hydroxyl groups is 1. The third kappa shape index (κ3) is 2.72. The molecule has 14 heavy (non-hydrogen) atoms. The van der Waals surface area contributed by atoms with Crippen LogP contribution in [0.25, 0.3) is 0 Å². The maximum absolute atomic E-state index is 10.0. The van der Waals surface area contributed by atoms with E-state index in [2.05, 4.69) is 0 Å². The van der Waals surface area contributed by atoms with E-state index in [-0.39, 0.29) is 0 Å². The molecule has 82 valence electrons. The van der Waals surface area contributed by atoms with Crippen LogP contribution >= 0.6 is 0 Å². The van der Waals surface area contributed by atoms with Gasteiger partial charge in [0.1, 0.15) is 11.9 Å². The summed E-state index contributed by atoms with van der Waals surface area (Å²) in [7, 11) is 0. The first-order valence-electron chi connectivity index (χ1n) is 5.23. The predicted octanol–water partition coefficient (Wildman–Crippen LogP) is 1.86. The average molecular weight is 200 g/mol. The summed E-state index contributed by atoms with van der Waals surface area (Å²) in [5, 5.41) is 10.0. The van der Waals surface area contributed by atoms with E-state index in [4.69, 9.17) is 9.47 Å². The Morgan fingerprint density at radius 1 is 1.64 bits per heavy atom. The number of ether oxygens (including phenoxy) is 2. The minimum Gasteiger partial charge on any atom is -0.495 e. The van der Waals surface area contributed by atoms with Crippen LogP contribution in [0.3, 0.4) is 0 Å². The van der Waals surface area contributed by atoms with Gasteiger partial charge >= 0.3 is 0 Å². The lowest BCUT2D eigenvalue weighted by Crippen LogP contribution is -2.41. The smallest absolute Gasteiger partial charge is 0.139 e. The molecule has 1 N–H and O–H groups in total. The fourth-order valence-corrected chi connectivity index (χ4v) is 1.56. The van der Waals surface area contributed by atoms with Crippen molar-refractivity contribution < 1.29 is 14.6 Å². The molecule has 1 rings (SSSR count). The zero-order valence-corrected chi connectivity index (χ0v) is 9.25. The van der Waals surface area contributed by atoms with Crippen molar-refractivity contribution in [2.45, 2.75) is 45.3 Å². The first kappa shape index (κ1) is 11.5. The molecule has 0 fully saturated rings. The molecular formula is C11H20O3. The maximum Gasteiger partial charge on any atom is 0.139 e. The van der Waals surface area contributed by atoms with Gasteiger partial charge in [0.15, 0.2) is 0 Å². The molecule has 0 amide bonds. The molecule has 0 aromatic heterocycles. The number of aliphatic hydroxyl groups excluding tert-OH is 1. The van der Waals surface area contributed by atoms with Crippen molar-refractivity contribution in [2.75, 3.05) is 13.2 Å². The second kappa shape index (κ2) is 4.80. The highest BCUT2D eigenvalue weighted by atomic mass is 16.5. The normalized spacial score (nSPS) is 19.9. The molecule has 3 heteroatoms. The fourth-order valence-electron chi connectivity index (χ4n) is 1.56. The third-order valence-corrected chi connectivity index (χ3v) is 2.41. The van der Waals surface area contributed by atoms with Gasteiger partial charge in [0, 0.05) is 6.61 Å². The molecule has 1 aliphatic rings. The van der Waals surface area contributed by atoms with Crippen LogP contribution in [0.2, 0.25) is 0 Å². The van der Waals surface area contributed by atoms with E-state index in [1.807, 2.05) is 26.8 Å². The quantitative estimate of drug-likeness (QED) is 0.752. The van der Waals surface area contributed by atoms with Crippen LogP contribution in [0, 0.1) is 0 Å². The number of rotatable bonds is 4. The molecule has 0 spiro atoms. The van der Waals surface area contributed by atoms with Crippen LogP contribution in [-0.2, 0) is 9.47 Å². The Kier molecular flexibility index (Phi) is 3.96. The minimum absolute atomic E-state index is 0.572. The van der Waals surface area contributed by atoms with Gasteiger partial charge in [0.2, 0.25) is 0 Å². The molecule has 3 nitrogen and oxygen atoms in total. The number of hydrogen-bond donors (Lipinski definition) is 1. The minimum atomic E-state index is -0.664. The van der Waals surface area contributed by atoms with Crippen molar-refractivity contribution in [3.05, 3.63) is 11.8 Å². The SMILES string of the molecule is CCOC(C)(C)C(O)C1=CCCCO1. The summed E-state index contributed by atoms with van der Waals surface area (Å²) >= 11 is 0. The van der Waals surface area contributed by atoms with Crippen molar-refractivity contribution >= 4 is 0 Å². The second-order valence-electron chi connectivity index (χ2n) is 4.04. The summed E-state index contributed by atoms with van der Waals surface area (Å²) in [6.45, 7) is 6.97. The molecule has 1 aliphatic heterocycles. The zero-order chi connectivity index (χ0) is 10.6. The van der Waals surface area contributed by atoms with Crippen LogP contribution < -0.4 is 0 Å². The van der Waals surface area contributed by atoms with Gasteiger partial charge in [0.25, 0.3) is 0 Å². The average Bonchev–Trinajstić information content (AvgIpc) is 2.18. The molecule has 0 aromatic carbocycles. The van der Waals surface area contributed by atoms with Gasteiger partial charge in [-0.1, -0.05) is 0 Å². The summed E-state index contributed by atoms with van der Waals surface area (Å²) in [5.74, 6) is 0.662. The van der Waals surface area contributed by atoms with E-state index >= 15 is 0 Å². The Hall–Kier alpha value is -0.540. The van der Waals surface area contributed by atoms with Gasteiger partial charge in [-0.15, -0.1) is 0 Å². The van der Waals surface area contributed by atoms with E-state index in [0.717, 1.165) is 12.8 Å². The van der Waals surface area contributed by atoms with Gasteiger partial charge in [-0.25, -0.2) is 0 Å². The molecule has 0 aromatic rings. The van der Waals surface area contributed by atoms with Crippen LogP contribution in [0.4, 0.5) is 0 Å². The highest BCUT2D eigenvalue weighted by Crippen LogP contribution is 2.24. The summed E-state index contributed by atoms with van der Waals surface area (Å²) in [6, 6.07) is 0. The van der Waals surface area contributed by atoms with Crippen LogP contribution in [0.5, 0.6) is 0 Å². The summed E-state index contributed by atoms with van der Waals surface area (Å²) in [5.41, 5.74) is -0.572. The van der Waals surface area contributed by atoms with E-state index in [1.165, 1.54) is 0 Å². The first-order chi connectivity index (χ1) is 6.58. The van der Waals surface area contributed by atoms with Gasteiger partial charge in [-0.2, -0.15) is 0 Å². The first-order valence-corrected chi connectivity index (χ1v) is 5.23. The lowest BCUT2D eigenvalue weighted by molar-refractivity contribution is -0.0998. The molecule has 0 bridgehead atoms.